The van der Waals surface area contributed by atoms with Gasteiger partial charge in [0.1, 0.15) is 5.69 Å². The summed E-state index contributed by atoms with van der Waals surface area (Å²) in [5.74, 6) is 1.26. The van der Waals surface area contributed by atoms with Crippen molar-refractivity contribution in [2.75, 3.05) is 18.0 Å². The Morgan fingerprint density at radius 2 is 1.55 bits per heavy atom. The Kier molecular flexibility index (Phi) is 5.37. The first-order valence-electron chi connectivity index (χ1n) is 11.6. The van der Waals surface area contributed by atoms with Gasteiger partial charge in [0, 0.05) is 12.0 Å². The highest BCUT2D eigenvalue weighted by molar-refractivity contribution is 5.97. The summed E-state index contributed by atoms with van der Waals surface area (Å²) in [7, 11) is 0. The van der Waals surface area contributed by atoms with Gasteiger partial charge in [-0.05, 0) is 54.5 Å². The van der Waals surface area contributed by atoms with Crippen LogP contribution in [-0.2, 0) is 12.1 Å². The summed E-state index contributed by atoms with van der Waals surface area (Å²) in [5, 5.41) is 12.1. The van der Waals surface area contributed by atoms with E-state index in [1.54, 1.807) is 0 Å². The largest absolute Gasteiger partial charge is 0.346 e. The summed E-state index contributed by atoms with van der Waals surface area (Å²) in [6.45, 7) is 3.80. The van der Waals surface area contributed by atoms with Crippen molar-refractivity contribution in [3.05, 3.63) is 90.0 Å². The molecule has 3 heteroatoms. The molecule has 3 aromatic rings. The molecule has 0 saturated heterocycles. The third-order valence-corrected chi connectivity index (χ3v) is 6.79. The second-order valence-electron chi connectivity index (χ2n) is 8.76. The van der Waals surface area contributed by atoms with E-state index in [0.717, 1.165) is 30.6 Å². The molecule has 0 aromatic heterocycles. The van der Waals surface area contributed by atoms with Crippen molar-refractivity contribution in [2.24, 2.45) is 0 Å². The number of nitrogens with zero attached hydrogens (tertiary/aromatic N) is 2. The number of aliphatic hydroxyl groups is 1. The molecule has 0 spiro atoms. The van der Waals surface area contributed by atoms with E-state index in [9.17, 15) is 5.11 Å². The molecule has 0 amide bonds. The third kappa shape index (κ3) is 3.68. The van der Waals surface area contributed by atoms with Gasteiger partial charge >= 0.3 is 0 Å². The van der Waals surface area contributed by atoms with Crippen molar-refractivity contribution in [1.29, 1.82) is 0 Å². The summed E-state index contributed by atoms with van der Waals surface area (Å²) >= 11 is 0. The molecule has 1 atom stereocenters. The van der Waals surface area contributed by atoms with Crippen LogP contribution in [0.25, 0.3) is 11.1 Å². The number of hydrogen-bond acceptors (Lipinski definition) is 2. The molecular weight excluding hydrogens is 380 g/mol. The van der Waals surface area contributed by atoms with Gasteiger partial charge in [-0.3, -0.25) is 4.58 Å². The van der Waals surface area contributed by atoms with Gasteiger partial charge in [-0.25, -0.2) is 0 Å². The van der Waals surface area contributed by atoms with Gasteiger partial charge < -0.3 is 5.11 Å². The fraction of sp³-hybridized carbons (Fsp3) is 0.321. The molecular formula is C28H31N2O+. The molecule has 1 N–H and O–H groups in total. The van der Waals surface area contributed by atoms with Crippen LogP contribution in [0.4, 0.5) is 5.69 Å². The normalized spacial score (nSPS) is 21.2. The fourth-order valence-corrected chi connectivity index (χ4v) is 5.05. The summed E-state index contributed by atoms with van der Waals surface area (Å²) in [5.41, 5.74) is 4.68. The molecule has 3 nitrogen and oxygen atoms in total. The minimum Gasteiger partial charge on any atom is -0.346 e. The van der Waals surface area contributed by atoms with Crippen LogP contribution in [0.2, 0.25) is 0 Å². The molecule has 1 unspecified atom stereocenters. The maximum atomic E-state index is 12.1. The predicted molar refractivity (Wildman–Crippen MR) is 128 cm³/mol. The fourth-order valence-electron chi connectivity index (χ4n) is 5.05. The van der Waals surface area contributed by atoms with Gasteiger partial charge in [-0.1, -0.05) is 73.7 Å². The number of hydrogen-bond donors (Lipinski definition) is 1. The van der Waals surface area contributed by atoms with Crippen molar-refractivity contribution >= 4 is 11.5 Å². The predicted octanol–water partition coefficient (Wildman–Crippen LogP) is 5.57. The Hall–Kier alpha value is -2.91. The van der Waals surface area contributed by atoms with E-state index >= 15 is 0 Å². The van der Waals surface area contributed by atoms with Crippen LogP contribution in [0.1, 0.15) is 43.7 Å². The lowest BCUT2D eigenvalue weighted by Gasteiger charge is -2.29. The zero-order chi connectivity index (χ0) is 21.3. The molecule has 31 heavy (non-hydrogen) atoms. The lowest BCUT2D eigenvalue weighted by molar-refractivity contribution is -0.534. The molecule has 2 aliphatic rings. The molecule has 0 aliphatic carbocycles. The Labute approximate surface area is 185 Å². The van der Waals surface area contributed by atoms with Gasteiger partial charge in [0.05, 0.1) is 6.54 Å². The molecule has 3 aromatic carbocycles. The van der Waals surface area contributed by atoms with Gasteiger partial charge in [-0.2, -0.15) is 4.90 Å². The summed E-state index contributed by atoms with van der Waals surface area (Å²) < 4.78 is 2.41. The number of rotatable bonds is 4. The first kappa shape index (κ1) is 20.0. The molecule has 5 rings (SSSR count). The van der Waals surface area contributed by atoms with Crippen LogP contribution in [0.3, 0.4) is 0 Å². The second kappa shape index (κ2) is 8.32. The van der Waals surface area contributed by atoms with Crippen molar-refractivity contribution in [3.8, 4) is 11.1 Å². The zero-order valence-corrected chi connectivity index (χ0v) is 18.3. The molecule has 0 radical (unpaired) electrons. The van der Waals surface area contributed by atoms with Crippen LogP contribution in [0.5, 0.6) is 0 Å². The second-order valence-corrected chi connectivity index (χ2v) is 8.76. The average Bonchev–Trinajstić information content (AvgIpc) is 2.95. The summed E-state index contributed by atoms with van der Waals surface area (Å²) in [6.07, 6.45) is 5.64. The first-order chi connectivity index (χ1) is 15.2. The molecule has 0 saturated carbocycles. The standard InChI is InChI=1S/C28H31N2O/c1-2-22-12-16-25(17-13-22)28(31)21-29-20-8-4-7-11-27(29)30(28)26-18-14-24(15-19-26)23-9-5-3-6-10-23/h3,5-6,9-10,12-19,31H,2,4,7-8,11,20-21H2,1H3/q+1. The molecule has 0 bridgehead atoms. The highest BCUT2D eigenvalue weighted by Gasteiger charge is 2.53. The van der Waals surface area contributed by atoms with Crippen LogP contribution in [0, 0.1) is 0 Å². The van der Waals surface area contributed by atoms with Crippen LogP contribution < -0.4 is 4.90 Å². The highest BCUT2D eigenvalue weighted by Crippen LogP contribution is 2.38. The first-order valence-corrected chi connectivity index (χ1v) is 11.6. The topological polar surface area (TPSA) is 26.5 Å². The number of amidine groups is 1. The Bertz CT molecular complexity index is 1070. The molecule has 158 valence electrons. The summed E-state index contributed by atoms with van der Waals surface area (Å²) in [6, 6.07) is 27.6. The van der Waals surface area contributed by atoms with Crippen LogP contribution in [-0.4, -0.2) is 28.6 Å². The zero-order valence-electron chi connectivity index (χ0n) is 18.3. The minimum atomic E-state index is -1.05. The lowest BCUT2D eigenvalue weighted by Crippen LogP contribution is -2.47. The average molecular weight is 412 g/mol. The number of benzene rings is 3. The van der Waals surface area contributed by atoms with E-state index in [1.807, 2.05) is 6.07 Å². The van der Waals surface area contributed by atoms with Gasteiger partial charge in [0.25, 0.3) is 11.6 Å². The maximum Gasteiger partial charge on any atom is 0.275 e. The van der Waals surface area contributed by atoms with E-state index in [0.29, 0.717) is 6.54 Å². The van der Waals surface area contributed by atoms with E-state index < -0.39 is 5.72 Å². The van der Waals surface area contributed by atoms with Crippen molar-refractivity contribution in [2.45, 2.75) is 44.8 Å². The SMILES string of the molecule is CCc1ccc(C2(O)C[N+]3=C(CCCCC3)N2c2ccc(-c3ccccc3)cc2)cc1. The Morgan fingerprint density at radius 3 is 2.26 bits per heavy atom. The van der Waals surface area contributed by atoms with Gasteiger partial charge in [0.15, 0.2) is 6.54 Å². The molecule has 2 heterocycles. The summed E-state index contributed by atoms with van der Waals surface area (Å²) in [4.78, 5) is 2.20. The van der Waals surface area contributed by atoms with Crippen molar-refractivity contribution in [1.82, 2.24) is 0 Å². The lowest BCUT2D eigenvalue weighted by atomic mass is 9.97. The van der Waals surface area contributed by atoms with Crippen LogP contribution in [0.15, 0.2) is 78.9 Å². The third-order valence-electron chi connectivity index (χ3n) is 6.79. The molecule has 2 aliphatic heterocycles. The van der Waals surface area contributed by atoms with Crippen LogP contribution >= 0.6 is 0 Å². The van der Waals surface area contributed by atoms with Gasteiger partial charge in [-0.15, -0.1) is 0 Å². The monoisotopic (exact) mass is 411 g/mol. The quantitative estimate of drug-likeness (QED) is 0.569. The number of aryl methyl sites for hydroxylation is 1. The van der Waals surface area contributed by atoms with E-state index in [1.165, 1.54) is 41.8 Å². The smallest absolute Gasteiger partial charge is 0.275 e. The van der Waals surface area contributed by atoms with Crippen molar-refractivity contribution < 1.29 is 9.68 Å². The Morgan fingerprint density at radius 1 is 0.839 bits per heavy atom. The van der Waals surface area contributed by atoms with E-state index in [-0.39, 0.29) is 0 Å². The minimum absolute atomic E-state index is 0.619. The highest BCUT2D eigenvalue weighted by atomic mass is 16.3. The van der Waals surface area contributed by atoms with E-state index in [4.69, 9.17) is 0 Å². The molecule has 0 fully saturated rings. The van der Waals surface area contributed by atoms with Gasteiger partial charge in [0.2, 0.25) is 0 Å². The number of anilines is 1. The maximum absolute atomic E-state index is 12.1. The van der Waals surface area contributed by atoms with Crippen molar-refractivity contribution in [3.63, 3.8) is 0 Å². The van der Waals surface area contributed by atoms with E-state index in [2.05, 4.69) is 89.2 Å². The Balaban J connectivity index is 1.56.